The fourth-order valence-corrected chi connectivity index (χ4v) is 3.02. The zero-order valence-electron chi connectivity index (χ0n) is 17.8. The number of methoxy groups -OCH3 is 2. The number of nitrogens with one attached hydrogen (secondary N) is 1. The summed E-state index contributed by atoms with van der Waals surface area (Å²) in [7, 11) is 3.13. The number of hydrogen-bond acceptors (Lipinski definition) is 9. The minimum absolute atomic E-state index is 0.0101. The van der Waals surface area contributed by atoms with Gasteiger partial charge in [0, 0.05) is 30.1 Å². The zero-order chi connectivity index (χ0) is 22.5. The molecule has 1 aromatic carbocycles. The van der Waals surface area contributed by atoms with Gasteiger partial charge in [-0.3, -0.25) is 9.78 Å². The van der Waals surface area contributed by atoms with E-state index in [1.165, 1.54) is 12.4 Å². The fraction of sp³-hybridized carbons (Fsp3) is 0.227. The number of fused-ring (bicyclic) bond motifs is 1. The van der Waals surface area contributed by atoms with Gasteiger partial charge in [-0.15, -0.1) is 0 Å². The van der Waals surface area contributed by atoms with Crippen molar-refractivity contribution in [3.8, 4) is 23.0 Å². The molecule has 0 aliphatic carbocycles. The molecule has 0 fully saturated rings. The molecule has 4 rings (SSSR count). The maximum Gasteiger partial charge on any atom is 0.233 e. The first-order chi connectivity index (χ1) is 15.6. The molecule has 164 valence electrons. The monoisotopic (exact) mass is 435 g/mol. The highest BCUT2D eigenvalue weighted by Crippen LogP contribution is 2.36. The molecule has 0 spiro atoms. The lowest BCUT2D eigenvalue weighted by Crippen LogP contribution is -2.16. The van der Waals surface area contributed by atoms with Gasteiger partial charge in [-0.25, -0.2) is 9.97 Å². The maximum absolute atomic E-state index is 12.2. The molecule has 10 heteroatoms. The number of hydrogen-bond donors (Lipinski definition) is 1. The lowest BCUT2D eigenvalue weighted by atomic mass is 10.2. The van der Waals surface area contributed by atoms with E-state index in [0.29, 0.717) is 52.3 Å². The van der Waals surface area contributed by atoms with Crippen molar-refractivity contribution in [3.05, 3.63) is 54.4 Å². The highest BCUT2D eigenvalue weighted by Gasteiger charge is 2.13. The molecule has 0 bridgehead atoms. The molecule has 0 atom stereocenters. The van der Waals surface area contributed by atoms with Crippen molar-refractivity contribution in [2.24, 2.45) is 0 Å². The van der Waals surface area contributed by atoms with Crippen molar-refractivity contribution < 1.29 is 23.5 Å². The average Bonchev–Trinajstić information content (AvgIpc) is 3.27. The van der Waals surface area contributed by atoms with E-state index in [0.717, 1.165) is 5.39 Å². The summed E-state index contributed by atoms with van der Waals surface area (Å²) in [5.41, 5.74) is 0.688. The number of aryl methyl sites for hydroxylation is 1. The predicted molar refractivity (Wildman–Crippen MR) is 115 cm³/mol. The number of carbonyl (C=O) groups excluding carboxylic acids is 1. The van der Waals surface area contributed by atoms with Gasteiger partial charge >= 0.3 is 0 Å². The Balaban J connectivity index is 1.46. The third kappa shape index (κ3) is 4.59. The lowest BCUT2D eigenvalue weighted by molar-refractivity contribution is -0.115. The van der Waals surface area contributed by atoms with Crippen LogP contribution in [0.25, 0.3) is 10.9 Å². The number of anilines is 1. The SMILES string of the molecule is CCc1cc(NC(=O)Cc2ncc(Oc3ccnc4cc(OC)c(OC)cc34)cn2)no1. The molecule has 0 aliphatic heterocycles. The Labute approximate surface area is 183 Å². The van der Waals surface area contributed by atoms with Crippen molar-refractivity contribution in [1.29, 1.82) is 0 Å². The van der Waals surface area contributed by atoms with Gasteiger partial charge in [0.1, 0.15) is 17.3 Å². The van der Waals surface area contributed by atoms with E-state index >= 15 is 0 Å². The van der Waals surface area contributed by atoms with E-state index in [1.807, 2.05) is 6.92 Å². The minimum atomic E-state index is -0.296. The van der Waals surface area contributed by atoms with Gasteiger partial charge < -0.3 is 24.1 Å². The molecule has 0 saturated heterocycles. The summed E-state index contributed by atoms with van der Waals surface area (Å²) >= 11 is 0. The van der Waals surface area contributed by atoms with Gasteiger partial charge in [0.15, 0.2) is 23.1 Å². The van der Waals surface area contributed by atoms with Crippen molar-refractivity contribution in [2.75, 3.05) is 19.5 Å². The molecule has 3 aromatic heterocycles. The summed E-state index contributed by atoms with van der Waals surface area (Å²) in [4.78, 5) is 25.0. The largest absolute Gasteiger partial charge is 0.493 e. The summed E-state index contributed by atoms with van der Waals surface area (Å²) in [5, 5.41) is 7.19. The second kappa shape index (κ2) is 9.29. The Morgan fingerprint density at radius 2 is 1.78 bits per heavy atom. The number of rotatable bonds is 8. The van der Waals surface area contributed by atoms with Crippen LogP contribution in [-0.2, 0) is 17.6 Å². The number of nitrogens with zero attached hydrogens (tertiary/aromatic N) is 4. The van der Waals surface area contributed by atoms with Gasteiger partial charge in [0.25, 0.3) is 0 Å². The number of benzene rings is 1. The Morgan fingerprint density at radius 3 is 2.47 bits per heavy atom. The molecule has 1 amide bonds. The third-order valence-electron chi connectivity index (χ3n) is 4.61. The number of carbonyl (C=O) groups is 1. The number of aromatic nitrogens is 4. The van der Waals surface area contributed by atoms with E-state index in [1.54, 1.807) is 44.7 Å². The third-order valence-corrected chi connectivity index (χ3v) is 4.61. The summed E-state index contributed by atoms with van der Waals surface area (Å²) < 4.78 is 21.7. The highest BCUT2D eigenvalue weighted by molar-refractivity contribution is 5.91. The van der Waals surface area contributed by atoms with Gasteiger partial charge in [0.05, 0.1) is 38.6 Å². The van der Waals surface area contributed by atoms with Crippen LogP contribution in [0.4, 0.5) is 5.82 Å². The first kappa shape index (κ1) is 21.0. The number of amides is 1. The molecular weight excluding hydrogens is 414 g/mol. The number of pyridine rings is 1. The van der Waals surface area contributed by atoms with Crippen molar-refractivity contribution in [1.82, 2.24) is 20.1 Å². The van der Waals surface area contributed by atoms with Crippen molar-refractivity contribution in [3.63, 3.8) is 0 Å². The molecule has 0 radical (unpaired) electrons. The minimum Gasteiger partial charge on any atom is -0.493 e. The molecule has 32 heavy (non-hydrogen) atoms. The molecule has 0 unspecified atom stereocenters. The molecule has 10 nitrogen and oxygen atoms in total. The van der Waals surface area contributed by atoms with E-state index in [2.05, 4.69) is 25.4 Å². The molecule has 1 N–H and O–H groups in total. The normalized spacial score (nSPS) is 10.7. The van der Waals surface area contributed by atoms with Crippen LogP contribution in [0.2, 0.25) is 0 Å². The average molecular weight is 435 g/mol. The van der Waals surface area contributed by atoms with Gasteiger partial charge in [0.2, 0.25) is 5.91 Å². The molecule has 4 aromatic rings. The molecule has 0 aliphatic rings. The van der Waals surface area contributed by atoms with Crippen LogP contribution >= 0.6 is 0 Å². The van der Waals surface area contributed by atoms with Crippen molar-refractivity contribution >= 4 is 22.6 Å². The first-order valence-corrected chi connectivity index (χ1v) is 9.84. The molecular formula is C22H21N5O5. The highest BCUT2D eigenvalue weighted by atomic mass is 16.5. The predicted octanol–water partition coefficient (Wildman–Crippen LogP) is 3.57. The standard InChI is InChI=1S/C22H21N5O5/c1-4-13-7-21(27-32-13)26-22(28)10-20-24-11-14(12-25-20)31-17-5-6-23-16-9-19(30-3)18(29-2)8-15(16)17/h5-9,11-12H,4,10H2,1-3H3,(H,26,27,28). The summed E-state index contributed by atoms with van der Waals surface area (Å²) in [6.45, 7) is 1.94. The lowest BCUT2D eigenvalue weighted by Gasteiger charge is -2.12. The zero-order valence-corrected chi connectivity index (χ0v) is 17.8. The van der Waals surface area contributed by atoms with Crippen molar-refractivity contribution in [2.45, 2.75) is 19.8 Å². The summed E-state index contributed by atoms with van der Waals surface area (Å²) in [6, 6.07) is 6.99. The quantitative estimate of drug-likeness (QED) is 0.442. The van der Waals surface area contributed by atoms with Crippen LogP contribution in [0.5, 0.6) is 23.0 Å². The maximum atomic E-state index is 12.2. The first-order valence-electron chi connectivity index (χ1n) is 9.84. The van der Waals surface area contributed by atoms with Crippen LogP contribution < -0.4 is 19.5 Å². The van der Waals surface area contributed by atoms with Crippen LogP contribution in [-0.4, -0.2) is 40.2 Å². The second-order valence-electron chi connectivity index (χ2n) is 6.73. The van der Waals surface area contributed by atoms with E-state index in [9.17, 15) is 4.79 Å². The summed E-state index contributed by atoms with van der Waals surface area (Å²) in [6.07, 6.45) is 5.34. The summed E-state index contributed by atoms with van der Waals surface area (Å²) in [5.74, 6) is 3.22. The van der Waals surface area contributed by atoms with Crippen LogP contribution in [0.15, 0.2) is 47.4 Å². The number of ether oxygens (including phenoxy) is 3. The fourth-order valence-electron chi connectivity index (χ4n) is 3.02. The Morgan fingerprint density at radius 1 is 1.03 bits per heavy atom. The van der Waals surface area contributed by atoms with Gasteiger partial charge in [-0.2, -0.15) is 0 Å². The van der Waals surface area contributed by atoms with Gasteiger partial charge in [-0.05, 0) is 12.1 Å². The van der Waals surface area contributed by atoms with E-state index in [4.69, 9.17) is 18.7 Å². The van der Waals surface area contributed by atoms with Gasteiger partial charge in [-0.1, -0.05) is 12.1 Å². The van der Waals surface area contributed by atoms with E-state index in [-0.39, 0.29) is 12.3 Å². The van der Waals surface area contributed by atoms with Crippen LogP contribution in [0, 0.1) is 0 Å². The van der Waals surface area contributed by atoms with Crippen LogP contribution in [0.1, 0.15) is 18.5 Å². The topological polar surface area (TPSA) is 121 Å². The van der Waals surface area contributed by atoms with Crippen LogP contribution in [0.3, 0.4) is 0 Å². The smallest absolute Gasteiger partial charge is 0.233 e. The molecule has 0 saturated carbocycles. The Bertz CT molecular complexity index is 1240. The Hall–Kier alpha value is -4.21. The second-order valence-corrected chi connectivity index (χ2v) is 6.73. The van der Waals surface area contributed by atoms with E-state index < -0.39 is 0 Å². The molecule has 3 heterocycles. The Kier molecular flexibility index (Phi) is 6.11.